The smallest absolute Gasteiger partial charge is 0.459 e. The monoisotopic (exact) mass is 292 g/mol. The van der Waals surface area contributed by atoms with Gasteiger partial charge in [-0.25, -0.2) is 9.59 Å². The predicted molar refractivity (Wildman–Crippen MR) is 71.8 cm³/mol. The molecule has 1 aliphatic heterocycles. The van der Waals surface area contributed by atoms with Crippen LogP contribution in [0.15, 0.2) is 12.2 Å². The number of carbonyl (C=O) groups is 2. The maximum Gasteiger partial charge on any atom is 0.508 e. The Bertz CT molecular complexity index is 313. The molecule has 0 amide bonds. The molecule has 0 unspecified atom stereocenters. The van der Waals surface area contributed by atoms with E-state index in [1.807, 2.05) is 0 Å². The van der Waals surface area contributed by atoms with E-state index in [0.717, 1.165) is 16.6 Å². The fraction of sp³-hybridized carbons (Fsp3) is 0.636. The standard InChI is InChI=1S/C11H16O5S2/c1-8(2)10(12)14-3-4-15-11(13)16-9-5-17-7-18-6-9/h9H,1,3-7H2,2H3. The first kappa shape index (κ1) is 15.2. The summed E-state index contributed by atoms with van der Waals surface area (Å²) in [4.78, 5) is 22.3. The van der Waals surface area contributed by atoms with Gasteiger partial charge in [-0.2, -0.15) is 0 Å². The van der Waals surface area contributed by atoms with E-state index >= 15 is 0 Å². The van der Waals surface area contributed by atoms with E-state index in [1.54, 1.807) is 30.4 Å². The van der Waals surface area contributed by atoms with Gasteiger partial charge in [-0.1, -0.05) is 6.58 Å². The van der Waals surface area contributed by atoms with Gasteiger partial charge in [0.2, 0.25) is 0 Å². The zero-order chi connectivity index (χ0) is 13.4. The van der Waals surface area contributed by atoms with Gasteiger partial charge in [0.05, 0.1) is 0 Å². The number of hydrogen-bond donors (Lipinski definition) is 0. The molecule has 18 heavy (non-hydrogen) atoms. The fourth-order valence-corrected chi connectivity index (χ4v) is 3.37. The molecule has 0 N–H and O–H groups in total. The lowest BCUT2D eigenvalue weighted by atomic mass is 10.4. The SMILES string of the molecule is C=C(C)C(=O)OCCOC(=O)OC1CSCSC1. The summed E-state index contributed by atoms with van der Waals surface area (Å²) in [7, 11) is 0. The van der Waals surface area contributed by atoms with Crippen LogP contribution in [0.1, 0.15) is 6.92 Å². The maximum absolute atomic E-state index is 11.3. The Labute approximate surface area is 115 Å². The van der Waals surface area contributed by atoms with E-state index in [1.165, 1.54) is 0 Å². The first-order chi connectivity index (χ1) is 8.59. The minimum absolute atomic E-state index is 0.00889. The Morgan fingerprint density at radius 2 is 1.83 bits per heavy atom. The summed E-state index contributed by atoms with van der Waals surface area (Å²) in [6.07, 6.45) is -0.811. The summed E-state index contributed by atoms with van der Waals surface area (Å²) in [5, 5.41) is 1.03. The summed E-state index contributed by atoms with van der Waals surface area (Å²) in [6.45, 7) is 4.99. The van der Waals surface area contributed by atoms with Crippen molar-refractivity contribution in [1.82, 2.24) is 0 Å². The number of hydrogen-bond acceptors (Lipinski definition) is 7. The molecule has 0 bridgehead atoms. The number of ether oxygens (including phenoxy) is 3. The molecule has 1 saturated heterocycles. The number of rotatable bonds is 5. The predicted octanol–water partition coefficient (Wildman–Crippen LogP) is 2.06. The molecule has 0 saturated carbocycles. The topological polar surface area (TPSA) is 61.8 Å². The molecule has 7 heteroatoms. The zero-order valence-electron chi connectivity index (χ0n) is 10.2. The van der Waals surface area contributed by atoms with Crippen molar-refractivity contribution in [3.8, 4) is 0 Å². The van der Waals surface area contributed by atoms with Crippen LogP contribution in [0.5, 0.6) is 0 Å². The molecule has 5 nitrogen and oxygen atoms in total. The average Bonchev–Trinajstić information content (AvgIpc) is 2.35. The van der Waals surface area contributed by atoms with Crippen molar-refractivity contribution < 1.29 is 23.8 Å². The summed E-state index contributed by atoms with van der Waals surface area (Å²) in [5.41, 5.74) is 0.314. The Balaban J connectivity index is 2.06. The van der Waals surface area contributed by atoms with Crippen LogP contribution in [-0.2, 0) is 19.0 Å². The van der Waals surface area contributed by atoms with Crippen molar-refractivity contribution in [2.75, 3.05) is 29.8 Å². The summed E-state index contributed by atoms with van der Waals surface area (Å²) < 4.78 is 14.6. The van der Waals surface area contributed by atoms with Gasteiger partial charge in [0.15, 0.2) is 0 Å². The van der Waals surface area contributed by atoms with Gasteiger partial charge in [-0.15, -0.1) is 23.5 Å². The molecule has 1 heterocycles. The van der Waals surface area contributed by atoms with E-state index in [9.17, 15) is 9.59 Å². The quantitative estimate of drug-likeness (QED) is 0.436. The molecule has 1 aliphatic rings. The molecule has 1 rings (SSSR count). The van der Waals surface area contributed by atoms with Gasteiger partial charge < -0.3 is 14.2 Å². The fourth-order valence-electron chi connectivity index (χ4n) is 1.09. The van der Waals surface area contributed by atoms with Gasteiger partial charge >= 0.3 is 12.1 Å². The largest absolute Gasteiger partial charge is 0.508 e. The average molecular weight is 292 g/mol. The molecule has 102 valence electrons. The van der Waals surface area contributed by atoms with Crippen LogP contribution in [0.25, 0.3) is 0 Å². The lowest BCUT2D eigenvalue weighted by molar-refractivity contribution is -0.140. The van der Waals surface area contributed by atoms with Crippen molar-refractivity contribution in [2.24, 2.45) is 0 Å². The number of carbonyl (C=O) groups excluding carboxylic acids is 2. The Kier molecular flexibility index (Phi) is 7.04. The molecule has 0 radical (unpaired) electrons. The van der Waals surface area contributed by atoms with Crippen LogP contribution >= 0.6 is 23.5 Å². The lowest BCUT2D eigenvalue weighted by Gasteiger charge is -2.20. The highest BCUT2D eigenvalue weighted by molar-refractivity contribution is 8.16. The van der Waals surface area contributed by atoms with Gasteiger partial charge in [0.25, 0.3) is 0 Å². The second-order valence-corrected chi connectivity index (χ2v) is 6.04. The molecular formula is C11H16O5S2. The van der Waals surface area contributed by atoms with Crippen LogP contribution < -0.4 is 0 Å². The van der Waals surface area contributed by atoms with Crippen molar-refractivity contribution in [3.63, 3.8) is 0 Å². The Morgan fingerprint density at radius 1 is 1.22 bits per heavy atom. The molecule has 0 spiro atoms. The highest BCUT2D eigenvalue weighted by atomic mass is 32.2. The highest BCUT2D eigenvalue weighted by Crippen LogP contribution is 2.23. The van der Waals surface area contributed by atoms with E-state index in [4.69, 9.17) is 14.2 Å². The van der Waals surface area contributed by atoms with Gasteiger partial charge in [0.1, 0.15) is 19.3 Å². The van der Waals surface area contributed by atoms with E-state index in [-0.39, 0.29) is 19.3 Å². The zero-order valence-corrected chi connectivity index (χ0v) is 11.8. The third kappa shape index (κ3) is 6.20. The van der Waals surface area contributed by atoms with E-state index in [0.29, 0.717) is 5.57 Å². The van der Waals surface area contributed by atoms with Crippen LogP contribution in [0.4, 0.5) is 4.79 Å². The Morgan fingerprint density at radius 3 is 2.44 bits per heavy atom. The van der Waals surface area contributed by atoms with E-state index < -0.39 is 12.1 Å². The van der Waals surface area contributed by atoms with Gasteiger partial charge in [0, 0.05) is 22.2 Å². The lowest BCUT2D eigenvalue weighted by Crippen LogP contribution is -2.27. The molecule has 0 aliphatic carbocycles. The molecule has 0 aromatic carbocycles. The first-order valence-corrected chi connectivity index (χ1v) is 7.72. The third-order valence-electron chi connectivity index (χ3n) is 1.92. The van der Waals surface area contributed by atoms with E-state index in [2.05, 4.69) is 6.58 Å². The minimum atomic E-state index is -0.713. The third-order valence-corrected chi connectivity index (χ3v) is 4.47. The maximum atomic E-state index is 11.3. The van der Waals surface area contributed by atoms with Crippen molar-refractivity contribution >= 4 is 35.6 Å². The molecule has 0 aromatic heterocycles. The second-order valence-electron chi connectivity index (χ2n) is 3.61. The summed E-state index contributed by atoms with van der Waals surface area (Å²) >= 11 is 3.46. The van der Waals surface area contributed by atoms with Gasteiger partial charge in [-0.3, -0.25) is 0 Å². The van der Waals surface area contributed by atoms with Crippen molar-refractivity contribution in [2.45, 2.75) is 13.0 Å². The molecule has 0 aromatic rings. The Hall–Kier alpha value is -0.820. The first-order valence-electron chi connectivity index (χ1n) is 5.41. The number of thioether (sulfide) groups is 2. The van der Waals surface area contributed by atoms with Gasteiger partial charge in [-0.05, 0) is 6.92 Å². The summed E-state index contributed by atoms with van der Waals surface area (Å²) in [5.74, 6) is 1.10. The normalized spacial score (nSPS) is 15.8. The van der Waals surface area contributed by atoms with Crippen LogP contribution in [-0.4, -0.2) is 48.0 Å². The van der Waals surface area contributed by atoms with Crippen LogP contribution in [0, 0.1) is 0 Å². The van der Waals surface area contributed by atoms with Crippen molar-refractivity contribution in [3.05, 3.63) is 12.2 Å². The molecule has 0 atom stereocenters. The van der Waals surface area contributed by atoms with Crippen LogP contribution in [0.2, 0.25) is 0 Å². The van der Waals surface area contributed by atoms with Crippen LogP contribution in [0.3, 0.4) is 0 Å². The second kappa shape index (κ2) is 8.31. The van der Waals surface area contributed by atoms with Crippen molar-refractivity contribution in [1.29, 1.82) is 0 Å². The number of esters is 1. The minimum Gasteiger partial charge on any atom is -0.459 e. The molecule has 1 fully saturated rings. The summed E-state index contributed by atoms with van der Waals surface area (Å²) in [6, 6.07) is 0. The molecular weight excluding hydrogens is 276 g/mol. The highest BCUT2D eigenvalue weighted by Gasteiger charge is 2.19.